The van der Waals surface area contributed by atoms with Gasteiger partial charge in [0.2, 0.25) is 16.0 Å². The number of hydrogen-bond donors (Lipinski definition) is 2. The zero-order chi connectivity index (χ0) is 24.4. The van der Waals surface area contributed by atoms with Gasteiger partial charge in [-0.1, -0.05) is 19.1 Å². The van der Waals surface area contributed by atoms with Crippen LogP contribution in [-0.2, 0) is 10.0 Å². The van der Waals surface area contributed by atoms with Crippen molar-refractivity contribution in [3.05, 3.63) is 60.1 Å². The minimum Gasteiger partial charge on any atom is -0.369 e. The normalized spacial score (nSPS) is 15.0. The van der Waals surface area contributed by atoms with Crippen molar-refractivity contribution in [2.45, 2.75) is 11.8 Å². The molecule has 1 fully saturated rings. The van der Waals surface area contributed by atoms with Gasteiger partial charge < -0.3 is 15.1 Å². The van der Waals surface area contributed by atoms with Crippen molar-refractivity contribution in [1.29, 1.82) is 0 Å². The number of rotatable bonds is 7. The molecule has 2 aromatic carbocycles. The summed E-state index contributed by atoms with van der Waals surface area (Å²) < 4.78 is 27.8. The highest BCUT2D eigenvalue weighted by Gasteiger charge is 2.17. The van der Waals surface area contributed by atoms with Gasteiger partial charge in [-0.2, -0.15) is 0 Å². The molecule has 1 saturated heterocycles. The quantitative estimate of drug-likeness (QED) is 0.388. The number of hydrogen-bond acceptors (Lipinski definition) is 8. The standard InChI is InChI=1S/C25H28N6O2S2/c1-3-30-11-13-31(14-12-30)20-9-7-19(8-10-20)28-25-27-16-23-24(29-25)22(17-34-23)18-5-4-6-21(15-18)35(32,33)26-2/h4-10,15-17,26H,3,11-14H2,1-2H3,(H,27,28,29). The Bertz CT molecular complexity index is 1430. The largest absolute Gasteiger partial charge is 0.369 e. The van der Waals surface area contributed by atoms with Crippen molar-refractivity contribution in [1.82, 2.24) is 19.6 Å². The van der Waals surface area contributed by atoms with E-state index in [0.717, 1.165) is 59.8 Å². The van der Waals surface area contributed by atoms with Crippen LogP contribution in [0.2, 0.25) is 0 Å². The first-order valence-electron chi connectivity index (χ1n) is 11.6. The number of benzene rings is 2. The Balaban J connectivity index is 1.36. The first kappa shape index (κ1) is 23.7. The maximum atomic E-state index is 12.2. The van der Waals surface area contributed by atoms with Crippen LogP contribution in [0.1, 0.15) is 6.92 Å². The average Bonchev–Trinajstić information content (AvgIpc) is 3.32. The number of likely N-dealkylation sites (N-methyl/N-ethyl adjacent to an activating group) is 1. The van der Waals surface area contributed by atoms with E-state index in [1.54, 1.807) is 24.4 Å². The molecule has 0 amide bonds. The maximum Gasteiger partial charge on any atom is 0.240 e. The lowest BCUT2D eigenvalue weighted by atomic mass is 10.1. The minimum absolute atomic E-state index is 0.223. The number of anilines is 3. The third-order valence-corrected chi connectivity index (χ3v) is 8.66. The Morgan fingerprint density at radius 1 is 1.06 bits per heavy atom. The second kappa shape index (κ2) is 9.90. The molecule has 2 N–H and O–H groups in total. The van der Waals surface area contributed by atoms with Gasteiger partial charge in [-0.05, 0) is 55.6 Å². The van der Waals surface area contributed by atoms with E-state index in [-0.39, 0.29) is 4.90 Å². The molecule has 0 aliphatic carbocycles. The molecule has 0 unspecified atom stereocenters. The predicted molar refractivity (Wildman–Crippen MR) is 143 cm³/mol. The number of fused-ring (bicyclic) bond motifs is 1. The van der Waals surface area contributed by atoms with Crippen LogP contribution >= 0.6 is 11.3 Å². The van der Waals surface area contributed by atoms with Crippen LogP contribution in [0.4, 0.5) is 17.3 Å². The van der Waals surface area contributed by atoms with Gasteiger partial charge in [0.05, 0.1) is 21.3 Å². The summed E-state index contributed by atoms with van der Waals surface area (Å²) in [5, 5.41) is 5.29. The summed E-state index contributed by atoms with van der Waals surface area (Å²) in [5.41, 5.74) is 4.60. The molecule has 182 valence electrons. The van der Waals surface area contributed by atoms with Crippen LogP contribution in [0, 0.1) is 0 Å². The van der Waals surface area contributed by atoms with E-state index in [1.807, 2.05) is 11.4 Å². The van der Waals surface area contributed by atoms with E-state index in [9.17, 15) is 8.42 Å². The zero-order valence-corrected chi connectivity index (χ0v) is 21.4. The molecule has 8 nitrogen and oxygen atoms in total. The van der Waals surface area contributed by atoms with Crippen LogP contribution in [-0.4, -0.2) is 63.1 Å². The molecule has 0 atom stereocenters. The summed E-state index contributed by atoms with van der Waals surface area (Å²) >= 11 is 1.54. The number of aromatic nitrogens is 2. The van der Waals surface area contributed by atoms with Gasteiger partial charge >= 0.3 is 0 Å². The fourth-order valence-corrected chi connectivity index (χ4v) is 5.90. The minimum atomic E-state index is -3.53. The molecule has 35 heavy (non-hydrogen) atoms. The van der Waals surface area contributed by atoms with E-state index < -0.39 is 10.0 Å². The van der Waals surface area contributed by atoms with Crippen LogP contribution in [0.5, 0.6) is 0 Å². The number of nitrogens with zero attached hydrogens (tertiary/aromatic N) is 4. The van der Waals surface area contributed by atoms with Gasteiger partial charge in [-0.3, -0.25) is 0 Å². The first-order valence-corrected chi connectivity index (χ1v) is 14.0. The number of piperazine rings is 1. The van der Waals surface area contributed by atoms with Crippen LogP contribution in [0.3, 0.4) is 0 Å². The summed E-state index contributed by atoms with van der Waals surface area (Å²) in [6.07, 6.45) is 1.80. The van der Waals surface area contributed by atoms with Crippen molar-refractivity contribution in [2.75, 3.05) is 50.0 Å². The summed E-state index contributed by atoms with van der Waals surface area (Å²) in [5.74, 6) is 0.500. The van der Waals surface area contributed by atoms with Gasteiger partial charge in [0.1, 0.15) is 0 Å². The van der Waals surface area contributed by atoms with Crippen molar-refractivity contribution >= 4 is 48.9 Å². The molecule has 1 aliphatic heterocycles. The Hall–Kier alpha value is -3.05. The molecule has 10 heteroatoms. The lowest BCUT2D eigenvalue weighted by molar-refractivity contribution is 0.271. The van der Waals surface area contributed by atoms with E-state index >= 15 is 0 Å². The molecule has 5 rings (SSSR count). The summed E-state index contributed by atoms with van der Waals surface area (Å²) in [7, 11) is -2.12. The smallest absolute Gasteiger partial charge is 0.240 e. The molecular weight excluding hydrogens is 480 g/mol. The van der Waals surface area contributed by atoms with Gasteiger partial charge in [0, 0.05) is 48.5 Å². The second-order valence-corrected chi connectivity index (χ2v) is 11.2. The fourth-order valence-electron chi connectivity index (χ4n) is 4.25. The SMILES string of the molecule is CCN1CCN(c2ccc(Nc3ncc4scc(-c5cccc(S(=O)(=O)NC)c5)c4n3)cc2)CC1. The molecule has 0 bridgehead atoms. The maximum absolute atomic E-state index is 12.2. The van der Waals surface area contributed by atoms with Crippen LogP contribution in [0.15, 0.2) is 65.0 Å². The fraction of sp³-hybridized carbons (Fsp3) is 0.280. The molecule has 3 heterocycles. The third-order valence-electron chi connectivity index (χ3n) is 6.35. The highest BCUT2D eigenvalue weighted by atomic mass is 32.2. The summed E-state index contributed by atoms with van der Waals surface area (Å²) in [6, 6.07) is 15.3. The van der Waals surface area contributed by atoms with Crippen molar-refractivity contribution < 1.29 is 8.42 Å². The lowest BCUT2D eigenvalue weighted by Gasteiger charge is -2.35. The van der Waals surface area contributed by atoms with Crippen molar-refractivity contribution in [2.24, 2.45) is 0 Å². The number of nitrogens with one attached hydrogen (secondary N) is 2. The molecule has 0 spiro atoms. The van der Waals surface area contributed by atoms with Crippen LogP contribution in [0.25, 0.3) is 21.3 Å². The van der Waals surface area contributed by atoms with Gasteiger partial charge in [0.15, 0.2) is 0 Å². The van der Waals surface area contributed by atoms with Crippen LogP contribution < -0.4 is 14.9 Å². The number of sulfonamides is 1. The van der Waals surface area contributed by atoms with E-state index in [4.69, 9.17) is 4.98 Å². The molecular formula is C25H28N6O2S2. The topological polar surface area (TPSA) is 90.5 Å². The third kappa shape index (κ3) is 5.01. The molecule has 1 aliphatic rings. The first-order chi connectivity index (χ1) is 17.0. The zero-order valence-electron chi connectivity index (χ0n) is 19.7. The second-order valence-electron chi connectivity index (χ2n) is 8.38. The van der Waals surface area contributed by atoms with Gasteiger partial charge in [-0.25, -0.2) is 23.1 Å². The highest BCUT2D eigenvalue weighted by Crippen LogP contribution is 2.34. The Labute approximate surface area is 209 Å². The van der Waals surface area contributed by atoms with E-state index in [1.165, 1.54) is 24.1 Å². The molecule has 0 saturated carbocycles. The highest BCUT2D eigenvalue weighted by molar-refractivity contribution is 7.89. The van der Waals surface area contributed by atoms with Gasteiger partial charge in [0.25, 0.3) is 0 Å². The van der Waals surface area contributed by atoms with E-state index in [0.29, 0.717) is 5.95 Å². The predicted octanol–water partition coefficient (Wildman–Crippen LogP) is 4.15. The Morgan fingerprint density at radius 3 is 2.54 bits per heavy atom. The van der Waals surface area contributed by atoms with Crippen molar-refractivity contribution in [3.63, 3.8) is 0 Å². The Kier molecular flexibility index (Phi) is 6.70. The summed E-state index contributed by atoms with van der Waals surface area (Å²) in [6.45, 7) is 7.58. The molecule has 0 radical (unpaired) electrons. The molecule has 2 aromatic heterocycles. The lowest BCUT2D eigenvalue weighted by Crippen LogP contribution is -2.46. The molecule has 4 aromatic rings. The summed E-state index contributed by atoms with van der Waals surface area (Å²) in [4.78, 5) is 14.3. The van der Waals surface area contributed by atoms with Crippen molar-refractivity contribution in [3.8, 4) is 11.1 Å². The Morgan fingerprint density at radius 2 is 1.83 bits per heavy atom. The van der Waals surface area contributed by atoms with E-state index in [2.05, 4.69) is 56.0 Å². The number of thiophene rings is 1. The monoisotopic (exact) mass is 508 g/mol. The van der Waals surface area contributed by atoms with Gasteiger partial charge in [-0.15, -0.1) is 11.3 Å². The average molecular weight is 509 g/mol.